The average Bonchev–Trinajstić information content (AvgIpc) is 3.14. The molecule has 4 aromatic rings. The van der Waals surface area contributed by atoms with Gasteiger partial charge in [0.05, 0.1) is 25.6 Å². The number of benzene rings is 2. The molecular weight excluding hydrogens is 354 g/mol. The first-order valence-electron chi connectivity index (χ1n) is 8.77. The van der Waals surface area contributed by atoms with Crippen LogP contribution in [0.3, 0.4) is 0 Å². The van der Waals surface area contributed by atoms with Gasteiger partial charge in [0.15, 0.2) is 5.69 Å². The molecule has 6 heteroatoms. The van der Waals surface area contributed by atoms with E-state index in [2.05, 4.69) is 10.3 Å². The summed E-state index contributed by atoms with van der Waals surface area (Å²) in [5, 5.41) is 2.91. The molecule has 0 spiro atoms. The normalized spacial score (nSPS) is 10.6. The zero-order valence-electron chi connectivity index (χ0n) is 15.5. The van der Waals surface area contributed by atoms with Crippen LogP contribution in [0.25, 0.3) is 16.9 Å². The number of carbonyl (C=O) groups excluding carboxylic acids is 1. The molecule has 0 aliphatic heterocycles. The minimum absolute atomic E-state index is 0.306. The number of amides is 1. The first-order chi connectivity index (χ1) is 13.7. The van der Waals surface area contributed by atoms with Crippen molar-refractivity contribution in [1.82, 2.24) is 9.38 Å². The summed E-state index contributed by atoms with van der Waals surface area (Å²) >= 11 is 0. The highest BCUT2D eigenvalue weighted by Crippen LogP contribution is 2.29. The maximum absolute atomic E-state index is 13.1. The van der Waals surface area contributed by atoms with Crippen LogP contribution in [0.4, 0.5) is 5.69 Å². The lowest BCUT2D eigenvalue weighted by atomic mass is 10.1. The molecule has 0 aliphatic rings. The van der Waals surface area contributed by atoms with Crippen molar-refractivity contribution in [2.24, 2.45) is 0 Å². The number of aromatic nitrogens is 2. The molecule has 1 N–H and O–H groups in total. The van der Waals surface area contributed by atoms with Crippen molar-refractivity contribution in [1.29, 1.82) is 0 Å². The van der Waals surface area contributed by atoms with Crippen LogP contribution in [-0.4, -0.2) is 29.5 Å². The van der Waals surface area contributed by atoms with Crippen molar-refractivity contribution in [2.45, 2.75) is 0 Å². The molecule has 6 nitrogen and oxygen atoms in total. The minimum Gasteiger partial charge on any atom is -0.497 e. The summed E-state index contributed by atoms with van der Waals surface area (Å²) in [6.45, 7) is 0. The van der Waals surface area contributed by atoms with Gasteiger partial charge in [0.1, 0.15) is 17.1 Å². The molecule has 0 fully saturated rings. The highest BCUT2D eigenvalue weighted by Gasteiger charge is 2.21. The second kappa shape index (κ2) is 7.44. The molecule has 2 heterocycles. The number of nitrogens with zero attached hydrogens (tertiary/aromatic N) is 2. The van der Waals surface area contributed by atoms with E-state index < -0.39 is 0 Å². The van der Waals surface area contributed by atoms with Gasteiger partial charge < -0.3 is 14.8 Å². The fraction of sp³-hybridized carbons (Fsp3) is 0.0909. The van der Waals surface area contributed by atoms with E-state index in [0.717, 1.165) is 11.3 Å². The monoisotopic (exact) mass is 373 g/mol. The fourth-order valence-corrected chi connectivity index (χ4v) is 3.11. The van der Waals surface area contributed by atoms with Crippen LogP contribution in [0.5, 0.6) is 11.5 Å². The molecular formula is C22H19N3O3. The van der Waals surface area contributed by atoms with Gasteiger partial charge in [-0.2, -0.15) is 0 Å². The van der Waals surface area contributed by atoms with Crippen LogP contribution in [-0.2, 0) is 0 Å². The third kappa shape index (κ3) is 3.16. The Morgan fingerprint density at radius 3 is 2.43 bits per heavy atom. The lowest BCUT2D eigenvalue weighted by Crippen LogP contribution is -2.14. The SMILES string of the molecule is COc1ccc(-c2c(C(=O)Nc3ccccc3OC)nc3ccccn23)cc1. The van der Waals surface area contributed by atoms with E-state index >= 15 is 0 Å². The van der Waals surface area contributed by atoms with Crippen LogP contribution >= 0.6 is 0 Å². The van der Waals surface area contributed by atoms with Crippen LogP contribution in [0.1, 0.15) is 10.5 Å². The number of anilines is 1. The third-order valence-electron chi connectivity index (χ3n) is 4.46. The average molecular weight is 373 g/mol. The summed E-state index contributed by atoms with van der Waals surface area (Å²) in [5.74, 6) is 1.03. The second-order valence-electron chi connectivity index (χ2n) is 6.12. The zero-order valence-corrected chi connectivity index (χ0v) is 15.5. The molecule has 1 amide bonds. The maximum Gasteiger partial charge on any atom is 0.276 e. The highest BCUT2D eigenvalue weighted by molar-refractivity contribution is 6.08. The predicted molar refractivity (Wildman–Crippen MR) is 108 cm³/mol. The molecule has 0 radical (unpaired) electrons. The molecule has 0 unspecified atom stereocenters. The van der Waals surface area contributed by atoms with Gasteiger partial charge in [-0.1, -0.05) is 18.2 Å². The van der Waals surface area contributed by atoms with Crippen LogP contribution in [0.15, 0.2) is 72.9 Å². The van der Waals surface area contributed by atoms with E-state index in [1.807, 2.05) is 65.2 Å². The smallest absolute Gasteiger partial charge is 0.276 e. The van der Waals surface area contributed by atoms with Crippen molar-refractivity contribution in [3.63, 3.8) is 0 Å². The number of imidazole rings is 1. The van der Waals surface area contributed by atoms with Crippen LogP contribution < -0.4 is 14.8 Å². The molecule has 2 aromatic heterocycles. The molecule has 0 bridgehead atoms. The number of fused-ring (bicyclic) bond motifs is 1. The topological polar surface area (TPSA) is 64.9 Å². The molecule has 28 heavy (non-hydrogen) atoms. The number of para-hydroxylation sites is 2. The summed E-state index contributed by atoms with van der Waals surface area (Å²) in [6, 6.07) is 20.5. The summed E-state index contributed by atoms with van der Waals surface area (Å²) in [7, 11) is 3.19. The van der Waals surface area contributed by atoms with Gasteiger partial charge >= 0.3 is 0 Å². The van der Waals surface area contributed by atoms with Crippen molar-refractivity contribution < 1.29 is 14.3 Å². The van der Waals surface area contributed by atoms with E-state index in [1.54, 1.807) is 26.4 Å². The number of hydrogen-bond donors (Lipinski definition) is 1. The first kappa shape index (κ1) is 17.6. The number of carbonyl (C=O) groups is 1. The number of methoxy groups -OCH3 is 2. The molecule has 140 valence electrons. The quantitative estimate of drug-likeness (QED) is 0.567. The largest absolute Gasteiger partial charge is 0.497 e. The fourth-order valence-electron chi connectivity index (χ4n) is 3.11. The Kier molecular flexibility index (Phi) is 4.68. The standard InChI is InChI=1S/C22H19N3O3/c1-27-16-12-10-15(11-13-16)21-20(24-19-9-5-6-14-25(19)21)22(26)23-17-7-3-4-8-18(17)28-2/h3-14H,1-2H3,(H,23,26). The maximum atomic E-state index is 13.1. The van der Waals surface area contributed by atoms with Crippen LogP contribution in [0.2, 0.25) is 0 Å². The number of ether oxygens (including phenoxy) is 2. The lowest BCUT2D eigenvalue weighted by Gasteiger charge is -2.10. The predicted octanol–water partition coefficient (Wildman–Crippen LogP) is 4.27. The Morgan fingerprint density at radius 2 is 1.68 bits per heavy atom. The number of pyridine rings is 1. The van der Waals surface area contributed by atoms with Crippen molar-refractivity contribution >= 4 is 17.2 Å². The highest BCUT2D eigenvalue weighted by atomic mass is 16.5. The van der Waals surface area contributed by atoms with Crippen LogP contribution in [0, 0.1) is 0 Å². The van der Waals surface area contributed by atoms with Gasteiger partial charge in [-0.25, -0.2) is 4.98 Å². The van der Waals surface area contributed by atoms with E-state index in [9.17, 15) is 4.79 Å². The van der Waals surface area contributed by atoms with Crippen molar-refractivity contribution in [3.8, 4) is 22.8 Å². The molecule has 0 aliphatic carbocycles. The van der Waals surface area contributed by atoms with Crippen molar-refractivity contribution in [2.75, 3.05) is 19.5 Å². The van der Waals surface area contributed by atoms with Crippen molar-refractivity contribution in [3.05, 3.63) is 78.6 Å². The van der Waals surface area contributed by atoms with Gasteiger partial charge in [0.25, 0.3) is 5.91 Å². The van der Waals surface area contributed by atoms with E-state index in [0.29, 0.717) is 28.5 Å². The van der Waals surface area contributed by atoms with Gasteiger partial charge in [0, 0.05) is 11.8 Å². The Morgan fingerprint density at radius 1 is 0.929 bits per heavy atom. The van der Waals surface area contributed by atoms with Gasteiger partial charge in [-0.3, -0.25) is 9.20 Å². The second-order valence-corrected chi connectivity index (χ2v) is 6.12. The first-order valence-corrected chi connectivity index (χ1v) is 8.77. The molecule has 0 saturated heterocycles. The molecule has 0 saturated carbocycles. The summed E-state index contributed by atoms with van der Waals surface area (Å²) < 4.78 is 12.5. The Balaban J connectivity index is 1.81. The number of rotatable bonds is 5. The van der Waals surface area contributed by atoms with Gasteiger partial charge in [-0.15, -0.1) is 0 Å². The van der Waals surface area contributed by atoms with E-state index in [4.69, 9.17) is 9.47 Å². The number of hydrogen-bond acceptors (Lipinski definition) is 4. The third-order valence-corrected chi connectivity index (χ3v) is 4.46. The Labute approximate surface area is 162 Å². The summed E-state index contributed by atoms with van der Waals surface area (Å²) in [4.78, 5) is 17.7. The van der Waals surface area contributed by atoms with Gasteiger partial charge in [-0.05, 0) is 48.5 Å². The van der Waals surface area contributed by atoms with E-state index in [-0.39, 0.29) is 5.91 Å². The summed E-state index contributed by atoms with van der Waals surface area (Å²) in [6.07, 6.45) is 1.89. The number of nitrogens with one attached hydrogen (secondary N) is 1. The minimum atomic E-state index is -0.306. The molecule has 2 aromatic carbocycles. The Bertz CT molecular complexity index is 1130. The van der Waals surface area contributed by atoms with E-state index in [1.165, 1.54) is 0 Å². The molecule has 4 rings (SSSR count). The molecule has 0 atom stereocenters. The summed E-state index contributed by atoms with van der Waals surface area (Å²) in [5.41, 5.74) is 3.20. The lowest BCUT2D eigenvalue weighted by molar-refractivity contribution is 0.102. The van der Waals surface area contributed by atoms with Gasteiger partial charge in [0.2, 0.25) is 0 Å². The Hall–Kier alpha value is -3.80. The zero-order chi connectivity index (χ0) is 19.5.